The lowest BCUT2D eigenvalue weighted by molar-refractivity contribution is -0.287. The predicted molar refractivity (Wildman–Crippen MR) is 61.8 cm³/mol. The molecule has 0 saturated heterocycles. The molecular weight excluding hydrogens is 272 g/mol. The molecule has 0 aromatic carbocycles. The van der Waals surface area contributed by atoms with Crippen molar-refractivity contribution in [1.82, 2.24) is 0 Å². The van der Waals surface area contributed by atoms with Gasteiger partial charge < -0.3 is 10.7 Å². The molecule has 0 N–H and O–H groups in total. The molecule has 0 aromatic rings. The normalized spacial score (nSPS) is 14.1. The van der Waals surface area contributed by atoms with Gasteiger partial charge in [-0.25, -0.2) is 0 Å². The Kier molecular flexibility index (Phi) is 5.74. The van der Waals surface area contributed by atoms with E-state index in [0.717, 1.165) is 0 Å². The highest BCUT2D eigenvalue weighted by Crippen LogP contribution is 2.22. The van der Waals surface area contributed by atoms with Gasteiger partial charge in [0.25, 0.3) is 0 Å². The third kappa shape index (κ3) is 11.1. The fourth-order valence-corrected chi connectivity index (χ4v) is 6.61. The van der Waals surface area contributed by atoms with Crippen LogP contribution in [0, 0.1) is 0 Å². The molecule has 0 atom stereocenters. The molecule has 0 fully saturated rings. The van der Waals surface area contributed by atoms with E-state index in [1.165, 1.54) is 0 Å². The van der Waals surface area contributed by atoms with Gasteiger partial charge in [-0.2, -0.15) is 0 Å². The first-order chi connectivity index (χ1) is 6.79. The Morgan fingerprint density at radius 2 is 1.12 bits per heavy atom. The highest BCUT2D eigenvalue weighted by Gasteiger charge is 2.48. The van der Waals surface area contributed by atoms with Crippen molar-refractivity contribution in [2.24, 2.45) is 0 Å². The molecule has 0 aliphatic carbocycles. The van der Waals surface area contributed by atoms with E-state index in [1.54, 1.807) is 39.3 Å². The molecule has 0 heterocycles. The summed E-state index contributed by atoms with van der Waals surface area (Å²) in [5.74, 6) is 0. The lowest BCUT2D eigenvalue weighted by Gasteiger charge is -2.28. The van der Waals surface area contributed by atoms with Gasteiger partial charge in [0, 0.05) is 0 Å². The Morgan fingerprint density at radius 3 is 1.31 bits per heavy atom. The fourth-order valence-electron chi connectivity index (χ4n) is 0.759. The number of rotatable bonds is 5. The summed E-state index contributed by atoms with van der Waals surface area (Å²) >= 11 is -3.11. The van der Waals surface area contributed by atoms with Gasteiger partial charge >= 0.3 is 21.5 Å². The molecule has 0 aromatic heterocycles. The summed E-state index contributed by atoms with van der Waals surface area (Å²) in [7, 11) is -4.17. The van der Waals surface area contributed by atoms with Crippen molar-refractivity contribution in [2.75, 3.05) is 0 Å². The van der Waals surface area contributed by atoms with Gasteiger partial charge in [0.2, 0.25) is 0 Å². The van der Waals surface area contributed by atoms with Crippen LogP contribution < -0.4 is 0 Å². The van der Waals surface area contributed by atoms with Crippen molar-refractivity contribution in [3.05, 3.63) is 0 Å². The van der Waals surface area contributed by atoms with Crippen molar-refractivity contribution < 1.29 is 23.9 Å². The van der Waals surface area contributed by atoms with E-state index in [4.69, 9.17) is 6.96 Å². The summed E-state index contributed by atoms with van der Waals surface area (Å²) in [5.41, 5.74) is 0. The van der Waals surface area contributed by atoms with Crippen molar-refractivity contribution in [3.63, 3.8) is 0 Å². The summed E-state index contributed by atoms with van der Waals surface area (Å²) in [6.45, 7) is 10.8. The maximum absolute atomic E-state index is 12.1. The van der Waals surface area contributed by atoms with Gasteiger partial charge in [-0.05, 0) is 39.3 Å². The Morgan fingerprint density at radius 1 is 0.812 bits per heavy atom. The molecule has 0 radical (unpaired) electrons. The molecule has 0 unspecified atom stereocenters. The van der Waals surface area contributed by atoms with Crippen LogP contribution in [0.4, 0.5) is 13.2 Å². The Balaban J connectivity index is 4.53. The minimum atomic E-state index is -4.68. The van der Waals surface area contributed by atoms with E-state index in [9.17, 15) is 13.2 Å². The first kappa shape index (κ1) is 16.6. The topological polar surface area (TPSA) is 27.7 Å². The average molecular weight is 290 g/mol. The quantitative estimate of drug-likeness (QED) is 0.728. The van der Waals surface area contributed by atoms with Crippen molar-refractivity contribution in [3.8, 4) is 0 Å². The van der Waals surface area contributed by atoms with Gasteiger partial charge in [0.05, 0.1) is 0 Å². The third-order valence-electron chi connectivity index (χ3n) is 1.13. The number of hydrogen-bond acceptors (Lipinski definition) is 3. The van der Waals surface area contributed by atoms with Crippen LogP contribution in [0.2, 0.25) is 39.3 Å². The Hall–Kier alpha value is 0.636. The van der Waals surface area contributed by atoms with E-state index in [0.29, 0.717) is 0 Å². The van der Waals surface area contributed by atoms with Gasteiger partial charge in [-0.3, -0.25) is 0 Å². The second-order valence-corrected chi connectivity index (χ2v) is 16.5. The Bertz CT molecular complexity index is 186. The molecule has 3 nitrogen and oxygen atoms in total. The summed E-state index contributed by atoms with van der Waals surface area (Å²) in [4.78, 5) is 0. The lowest BCUT2D eigenvalue weighted by atomic mass is 11.4. The highest BCUT2D eigenvalue weighted by atomic mass is 28.4. The minimum Gasteiger partial charge on any atom is -0.499 e. The zero-order valence-electron chi connectivity index (χ0n) is 10.4. The maximum Gasteiger partial charge on any atom is 0.889 e. The van der Waals surface area contributed by atoms with Crippen LogP contribution in [0.5, 0.6) is 0 Å². The van der Waals surface area contributed by atoms with Crippen LogP contribution in [-0.2, 0) is 10.7 Å². The van der Waals surface area contributed by atoms with Crippen LogP contribution in [0.25, 0.3) is 0 Å². The average Bonchev–Trinajstić information content (AvgIpc) is 1.70. The molecule has 96 valence electrons. The first-order valence-electron chi connectivity index (χ1n) is 4.89. The first-order valence-corrected chi connectivity index (χ1v) is 13.1. The summed E-state index contributed by atoms with van der Waals surface area (Å²) in [5, 5.41) is 0. The van der Waals surface area contributed by atoms with Crippen molar-refractivity contribution >= 4 is 31.8 Å². The number of hydrogen-bond donors (Lipinski definition) is 0. The molecule has 0 spiro atoms. The van der Waals surface area contributed by atoms with Crippen LogP contribution in [0.3, 0.4) is 0 Å². The standard InChI is InChI=1S/2C3H9OSi.CF3O.Al/c2*1-5(2,3)4;2-1(3,4)5;/h2*1-3H3;;/q3*-1;+3. The van der Waals surface area contributed by atoms with Gasteiger partial charge in [0.1, 0.15) is 0 Å². The van der Waals surface area contributed by atoms with E-state index >= 15 is 0 Å². The Labute approximate surface area is 102 Å². The summed E-state index contributed by atoms with van der Waals surface area (Å²) in [6.07, 6.45) is -4.68. The number of halogens is 3. The van der Waals surface area contributed by atoms with E-state index < -0.39 is 38.1 Å². The summed E-state index contributed by atoms with van der Waals surface area (Å²) < 4.78 is 51.0. The van der Waals surface area contributed by atoms with E-state index in [1.807, 2.05) is 0 Å². The second-order valence-electron chi connectivity index (χ2n) is 5.31. The van der Waals surface area contributed by atoms with Gasteiger partial charge in [-0.15, -0.1) is 13.2 Å². The van der Waals surface area contributed by atoms with Crippen molar-refractivity contribution in [2.45, 2.75) is 45.6 Å². The van der Waals surface area contributed by atoms with Gasteiger partial charge in [-0.1, -0.05) is 0 Å². The predicted octanol–water partition coefficient (Wildman–Crippen LogP) is 3.21. The molecule has 0 amide bonds. The number of alkyl halides is 3. The van der Waals surface area contributed by atoms with Crippen molar-refractivity contribution in [1.29, 1.82) is 0 Å². The molecule has 0 rings (SSSR count). The lowest BCUT2D eigenvalue weighted by Crippen LogP contribution is -2.47. The molecule has 0 aliphatic heterocycles. The van der Waals surface area contributed by atoms with Gasteiger partial charge in [0.15, 0.2) is 16.6 Å². The maximum atomic E-state index is 12.1. The van der Waals surface area contributed by atoms with Crippen LogP contribution in [-0.4, -0.2) is 38.1 Å². The molecule has 0 bridgehead atoms. The van der Waals surface area contributed by atoms with E-state index in [2.05, 4.69) is 3.79 Å². The SMILES string of the molecule is C[Si](C)(C)[O][Al]([O]C(F)(F)F)[O][Si](C)(C)C. The largest absolute Gasteiger partial charge is 0.889 e. The zero-order chi connectivity index (χ0) is 13.2. The smallest absolute Gasteiger partial charge is 0.499 e. The van der Waals surface area contributed by atoms with Crippen LogP contribution in [0.1, 0.15) is 0 Å². The van der Waals surface area contributed by atoms with Crippen LogP contribution in [0.15, 0.2) is 0 Å². The second kappa shape index (κ2) is 5.52. The van der Waals surface area contributed by atoms with E-state index in [-0.39, 0.29) is 0 Å². The summed E-state index contributed by atoms with van der Waals surface area (Å²) in [6, 6.07) is 0. The molecule has 9 heteroatoms. The third-order valence-corrected chi connectivity index (χ3v) is 8.79. The molecule has 0 aliphatic rings. The minimum absolute atomic E-state index is 1.81. The van der Waals surface area contributed by atoms with Crippen LogP contribution >= 0.6 is 0 Å². The zero-order valence-corrected chi connectivity index (χ0v) is 13.6. The molecule has 0 saturated carbocycles. The monoisotopic (exact) mass is 290 g/mol. The highest BCUT2D eigenvalue weighted by molar-refractivity contribution is 6.79. The molecule has 16 heavy (non-hydrogen) atoms. The molecular formula is C7H18AlF3O3Si2. The fraction of sp³-hybridized carbons (Fsp3) is 1.00.